The van der Waals surface area contributed by atoms with Crippen molar-refractivity contribution in [1.82, 2.24) is 0 Å². The highest BCUT2D eigenvalue weighted by Gasteiger charge is 2.36. The van der Waals surface area contributed by atoms with E-state index in [0.717, 1.165) is 57.8 Å². The molecule has 0 aliphatic carbocycles. The van der Waals surface area contributed by atoms with E-state index in [1.807, 2.05) is 32.0 Å². The lowest BCUT2D eigenvalue weighted by Crippen LogP contribution is -2.35. The highest BCUT2D eigenvalue weighted by Crippen LogP contribution is 2.49. The number of halogens is 3. The zero-order chi connectivity index (χ0) is 23.6. The quantitative estimate of drug-likeness (QED) is 0.436. The van der Waals surface area contributed by atoms with E-state index >= 15 is 0 Å². The molecule has 0 bridgehead atoms. The number of rotatable bonds is 6. The molecule has 32 heavy (non-hydrogen) atoms. The highest BCUT2D eigenvalue weighted by atomic mass is 19.4. The van der Waals surface area contributed by atoms with E-state index in [2.05, 4.69) is 44.0 Å². The maximum absolute atomic E-state index is 13.2. The molecule has 1 heterocycles. The standard InChI is InChI=1S/C28H30F3N/c1-7-23-25(18(3)4)26(19(5)6)24(8-2)32(27(23)20-12-10-9-11-13-20)22-16-14-21(15-17-22)28(29,30)31/h9-17,27H,3,5,7-8H2,1-2,4,6H3. The van der Waals surface area contributed by atoms with E-state index in [1.165, 1.54) is 5.57 Å². The number of anilines is 1. The van der Waals surface area contributed by atoms with Crippen LogP contribution in [0.1, 0.15) is 57.7 Å². The lowest BCUT2D eigenvalue weighted by Gasteiger charge is -2.44. The summed E-state index contributed by atoms with van der Waals surface area (Å²) in [5.41, 5.74) is 7.47. The number of nitrogens with zero attached hydrogens (tertiary/aromatic N) is 1. The monoisotopic (exact) mass is 437 g/mol. The Kier molecular flexibility index (Phi) is 6.82. The van der Waals surface area contributed by atoms with Crippen LogP contribution in [0.5, 0.6) is 0 Å². The molecular formula is C28H30F3N. The van der Waals surface area contributed by atoms with Crippen LogP contribution in [0.4, 0.5) is 18.9 Å². The average Bonchev–Trinajstić information content (AvgIpc) is 2.76. The minimum atomic E-state index is -4.37. The molecule has 4 heteroatoms. The number of hydrogen-bond donors (Lipinski definition) is 0. The van der Waals surface area contributed by atoms with Gasteiger partial charge in [0.05, 0.1) is 11.6 Å². The van der Waals surface area contributed by atoms with Gasteiger partial charge in [0.15, 0.2) is 0 Å². The van der Waals surface area contributed by atoms with Crippen LogP contribution in [0.3, 0.4) is 0 Å². The van der Waals surface area contributed by atoms with Crippen LogP contribution in [-0.2, 0) is 6.18 Å². The molecule has 1 unspecified atom stereocenters. The fraction of sp³-hybridized carbons (Fsp3) is 0.286. The van der Waals surface area contributed by atoms with Gasteiger partial charge in [0.1, 0.15) is 0 Å². The topological polar surface area (TPSA) is 3.24 Å². The van der Waals surface area contributed by atoms with Gasteiger partial charge in [0.25, 0.3) is 0 Å². The predicted molar refractivity (Wildman–Crippen MR) is 127 cm³/mol. The molecule has 0 fully saturated rings. The van der Waals surface area contributed by atoms with Crippen LogP contribution in [0.25, 0.3) is 0 Å². The van der Waals surface area contributed by atoms with Crippen LogP contribution in [0, 0.1) is 0 Å². The molecule has 0 aromatic heterocycles. The molecule has 0 spiro atoms. The highest BCUT2D eigenvalue weighted by molar-refractivity contribution is 5.70. The molecule has 168 valence electrons. The normalized spacial score (nSPS) is 17.1. The van der Waals surface area contributed by atoms with Gasteiger partial charge in [0.2, 0.25) is 0 Å². The Bertz CT molecular complexity index is 1070. The van der Waals surface area contributed by atoms with Crippen molar-refractivity contribution >= 4 is 5.69 Å². The van der Waals surface area contributed by atoms with Gasteiger partial charge < -0.3 is 4.90 Å². The SMILES string of the molecule is C=C(C)C1=C(CC)C(c2ccccc2)N(c2ccc(C(F)(F)F)cc2)C(CC)=C1C(=C)C. The first-order valence-electron chi connectivity index (χ1n) is 10.9. The van der Waals surface area contributed by atoms with Crippen LogP contribution in [0.15, 0.2) is 101 Å². The van der Waals surface area contributed by atoms with Gasteiger partial charge in [-0.1, -0.05) is 62.9 Å². The van der Waals surface area contributed by atoms with Crippen molar-refractivity contribution in [2.24, 2.45) is 0 Å². The summed E-state index contributed by atoms with van der Waals surface area (Å²) in [4.78, 5) is 2.19. The Hall–Kier alpha value is -3.01. The second kappa shape index (κ2) is 9.23. The summed E-state index contributed by atoms with van der Waals surface area (Å²) >= 11 is 0. The maximum atomic E-state index is 13.2. The zero-order valence-electron chi connectivity index (χ0n) is 19.2. The van der Waals surface area contributed by atoms with E-state index < -0.39 is 11.7 Å². The van der Waals surface area contributed by atoms with Gasteiger partial charge in [-0.15, -0.1) is 0 Å². The largest absolute Gasteiger partial charge is 0.416 e. The molecule has 2 aromatic carbocycles. The summed E-state index contributed by atoms with van der Waals surface area (Å²) in [5, 5.41) is 0. The van der Waals surface area contributed by atoms with Gasteiger partial charge in [-0.2, -0.15) is 13.2 Å². The van der Waals surface area contributed by atoms with Crippen molar-refractivity contribution in [3.63, 3.8) is 0 Å². The van der Waals surface area contributed by atoms with Gasteiger partial charge in [-0.25, -0.2) is 0 Å². The molecule has 1 aliphatic heterocycles. The summed E-state index contributed by atoms with van der Waals surface area (Å²) < 4.78 is 39.7. The van der Waals surface area contributed by atoms with Crippen LogP contribution in [-0.4, -0.2) is 0 Å². The molecule has 0 saturated carbocycles. The van der Waals surface area contributed by atoms with Gasteiger partial charge in [-0.3, -0.25) is 0 Å². The molecule has 1 atom stereocenters. The second-order valence-electron chi connectivity index (χ2n) is 8.22. The molecule has 3 rings (SSSR count). The van der Waals surface area contributed by atoms with Gasteiger partial charge >= 0.3 is 6.18 Å². The van der Waals surface area contributed by atoms with Crippen molar-refractivity contribution in [2.45, 2.75) is 52.8 Å². The van der Waals surface area contributed by atoms with Crippen molar-refractivity contribution in [1.29, 1.82) is 0 Å². The summed E-state index contributed by atoms with van der Waals surface area (Å²) in [6, 6.07) is 15.5. The van der Waals surface area contributed by atoms with Crippen molar-refractivity contribution in [3.05, 3.63) is 112 Å². The number of benzene rings is 2. The fourth-order valence-electron chi connectivity index (χ4n) is 4.64. The number of alkyl halides is 3. The smallest absolute Gasteiger partial charge is 0.333 e. The van der Waals surface area contributed by atoms with Crippen molar-refractivity contribution in [3.8, 4) is 0 Å². The van der Waals surface area contributed by atoms with Gasteiger partial charge in [0, 0.05) is 17.0 Å². The first-order valence-corrected chi connectivity index (χ1v) is 10.9. The maximum Gasteiger partial charge on any atom is 0.416 e. The Labute approximate surface area is 189 Å². The Morgan fingerprint density at radius 1 is 0.844 bits per heavy atom. The van der Waals surface area contributed by atoms with Crippen LogP contribution < -0.4 is 4.90 Å². The summed E-state index contributed by atoms with van der Waals surface area (Å²) in [5.74, 6) is 0. The minimum absolute atomic E-state index is 0.136. The third-order valence-corrected chi connectivity index (χ3v) is 5.90. The molecule has 2 aromatic rings. The molecule has 1 aliphatic rings. The third-order valence-electron chi connectivity index (χ3n) is 5.90. The molecule has 0 N–H and O–H groups in total. The van der Waals surface area contributed by atoms with Gasteiger partial charge in [-0.05, 0) is 73.2 Å². The summed E-state index contributed by atoms with van der Waals surface area (Å²) in [7, 11) is 0. The summed E-state index contributed by atoms with van der Waals surface area (Å²) in [6.07, 6.45) is -2.87. The Morgan fingerprint density at radius 2 is 1.41 bits per heavy atom. The number of allylic oxidation sites excluding steroid dienone is 5. The Morgan fingerprint density at radius 3 is 1.84 bits per heavy atom. The minimum Gasteiger partial charge on any atom is -0.333 e. The van der Waals surface area contributed by atoms with E-state index in [1.54, 1.807) is 12.1 Å². The zero-order valence-corrected chi connectivity index (χ0v) is 19.2. The first-order chi connectivity index (χ1) is 15.1. The molecule has 0 saturated heterocycles. The lowest BCUT2D eigenvalue weighted by molar-refractivity contribution is -0.137. The first kappa shape index (κ1) is 23.6. The van der Waals surface area contributed by atoms with Crippen molar-refractivity contribution in [2.75, 3.05) is 4.90 Å². The van der Waals surface area contributed by atoms with E-state index in [9.17, 15) is 13.2 Å². The van der Waals surface area contributed by atoms with Crippen molar-refractivity contribution < 1.29 is 13.2 Å². The third kappa shape index (κ3) is 4.32. The summed E-state index contributed by atoms with van der Waals surface area (Å²) in [6.45, 7) is 16.7. The lowest BCUT2D eigenvalue weighted by atomic mass is 9.78. The number of hydrogen-bond acceptors (Lipinski definition) is 1. The Balaban J connectivity index is 2.35. The molecule has 1 nitrogen and oxygen atoms in total. The van der Waals surface area contributed by atoms with E-state index in [0.29, 0.717) is 6.42 Å². The molecule has 0 amide bonds. The molecule has 0 radical (unpaired) electrons. The fourth-order valence-corrected chi connectivity index (χ4v) is 4.64. The van der Waals surface area contributed by atoms with E-state index in [4.69, 9.17) is 0 Å². The second-order valence-corrected chi connectivity index (χ2v) is 8.22. The van der Waals surface area contributed by atoms with Crippen LogP contribution in [0.2, 0.25) is 0 Å². The molecular weight excluding hydrogens is 407 g/mol. The van der Waals surface area contributed by atoms with E-state index in [-0.39, 0.29) is 6.04 Å². The average molecular weight is 438 g/mol. The predicted octanol–water partition coefficient (Wildman–Crippen LogP) is 8.79. The van der Waals surface area contributed by atoms with Crippen LogP contribution >= 0.6 is 0 Å².